The summed E-state index contributed by atoms with van der Waals surface area (Å²) in [6.45, 7) is 6.30. The fraction of sp³-hybridized carbons (Fsp3) is 0.235. The Morgan fingerprint density at radius 2 is 1.67 bits per heavy atom. The predicted molar refractivity (Wildman–Crippen MR) is 91.9 cm³/mol. The van der Waals surface area contributed by atoms with Crippen molar-refractivity contribution in [2.75, 3.05) is 17.2 Å². The van der Waals surface area contributed by atoms with Crippen LogP contribution >= 0.6 is 15.9 Å². The van der Waals surface area contributed by atoms with Gasteiger partial charge in [-0.3, -0.25) is 4.79 Å². The molecule has 0 saturated heterocycles. The molecule has 0 aromatic heterocycles. The van der Waals surface area contributed by atoms with E-state index in [1.807, 2.05) is 51.1 Å². The number of anilines is 2. The average Bonchev–Trinajstić information content (AvgIpc) is 2.36. The van der Waals surface area contributed by atoms with Gasteiger partial charge in [0.05, 0.1) is 6.54 Å². The van der Waals surface area contributed by atoms with E-state index in [9.17, 15) is 4.79 Å². The highest BCUT2D eigenvalue weighted by Gasteiger charge is 2.05. The second-order valence-corrected chi connectivity index (χ2v) is 6.12. The Balaban J connectivity index is 1.95. The van der Waals surface area contributed by atoms with Gasteiger partial charge in [0, 0.05) is 15.8 Å². The van der Waals surface area contributed by atoms with Gasteiger partial charge in [0.15, 0.2) is 0 Å². The summed E-state index contributed by atoms with van der Waals surface area (Å²) in [5.41, 5.74) is 5.20. The largest absolute Gasteiger partial charge is 0.375 e. The summed E-state index contributed by atoms with van der Waals surface area (Å²) < 4.78 is 0.960. The number of carbonyl (C=O) groups is 1. The highest BCUT2D eigenvalue weighted by molar-refractivity contribution is 9.10. The molecule has 110 valence electrons. The molecule has 0 atom stereocenters. The average molecular weight is 347 g/mol. The Bertz CT molecular complexity index is 648. The van der Waals surface area contributed by atoms with Crippen LogP contribution in [-0.4, -0.2) is 12.5 Å². The van der Waals surface area contributed by atoms with E-state index >= 15 is 0 Å². The minimum atomic E-state index is -0.0625. The molecule has 2 aromatic rings. The number of hydrogen-bond acceptors (Lipinski definition) is 2. The molecule has 2 aromatic carbocycles. The lowest BCUT2D eigenvalue weighted by atomic mass is 10.1. The Labute approximate surface area is 133 Å². The topological polar surface area (TPSA) is 41.1 Å². The van der Waals surface area contributed by atoms with Gasteiger partial charge < -0.3 is 10.6 Å². The van der Waals surface area contributed by atoms with Crippen LogP contribution in [0.1, 0.15) is 16.7 Å². The van der Waals surface area contributed by atoms with E-state index < -0.39 is 0 Å². The van der Waals surface area contributed by atoms with Crippen molar-refractivity contribution in [1.82, 2.24) is 0 Å². The Kier molecular flexibility index (Phi) is 5.02. The Hall–Kier alpha value is -1.81. The summed E-state index contributed by atoms with van der Waals surface area (Å²) in [6.07, 6.45) is 0. The summed E-state index contributed by atoms with van der Waals surface area (Å²) >= 11 is 3.49. The maximum atomic E-state index is 12.0. The Morgan fingerprint density at radius 3 is 2.29 bits per heavy atom. The molecule has 0 saturated carbocycles. The lowest BCUT2D eigenvalue weighted by molar-refractivity contribution is -0.114. The SMILES string of the molecule is Cc1cc(C)cc(NC(=O)CNc2ccc(C)cc2Br)c1. The zero-order chi connectivity index (χ0) is 15.4. The summed E-state index contributed by atoms with van der Waals surface area (Å²) in [5.74, 6) is -0.0625. The van der Waals surface area contributed by atoms with Gasteiger partial charge in [-0.15, -0.1) is 0 Å². The van der Waals surface area contributed by atoms with Crippen molar-refractivity contribution in [3.8, 4) is 0 Å². The van der Waals surface area contributed by atoms with Crippen LogP contribution in [0.3, 0.4) is 0 Å². The molecule has 0 aliphatic heterocycles. The third kappa shape index (κ3) is 4.60. The lowest BCUT2D eigenvalue weighted by Gasteiger charge is -2.11. The molecule has 3 nitrogen and oxygen atoms in total. The van der Waals surface area contributed by atoms with E-state index in [1.165, 1.54) is 5.56 Å². The molecular formula is C17H19BrN2O. The smallest absolute Gasteiger partial charge is 0.243 e. The fourth-order valence-corrected chi connectivity index (χ4v) is 2.82. The maximum Gasteiger partial charge on any atom is 0.243 e. The van der Waals surface area contributed by atoms with Crippen molar-refractivity contribution < 1.29 is 4.79 Å². The number of amides is 1. The summed E-state index contributed by atoms with van der Waals surface area (Å²) in [6, 6.07) is 12.0. The predicted octanol–water partition coefficient (Wildman–Crippen LogP) is 4.42. The number of rotatable bonds is 4. The fourth-order valence-electron chi connectivity index (χ4n) is 2.19. The zero-order valence-electron chi connectivity index (χ0n) is 12.5. The van der Waals surface area contributed by atoms with E-state index in [2.05, 4.69) is 32.6 Å². The van der Waals surface area contributed by atoms with Gasteiger partial charge in [-0.1, -0.05) is 12.1 Å². The minimum absolute atomic E-state index is 0.0625. The summed E-state index contributed by atoms with van der Waals surface area (Å²) in [4.78, 5) is 12.0. The van der Waals surface area contributed by atoms with Crippen LogP contribution in [0, 0.1) is 20.8 Å². The number of hydrogen-bond donors (Lipinski definition) is 2. The standard InChI is InChI=1S/C17H19BrN2O/c1-11-4-5-16(15(18)9-11)19-10-17(21)20-14-7-12(2)6-13(3)8-14/h4-9,19H,10H2,1-3H3,(H,20,21). The molecule has 0 bridgehead atoms. The molecule has 0 fully saturated rings. The number of halogens is 1. The van der Waals surface area contributed by atoms with E-state index in [0.29, 0.717) is 0 Å². The second-order valence-electron chi connectivity index (χ2n) is 5.26. The van der Waals surface area contributed by atoms with Crippen LogP contribution in [-0.2, 0) is 4.79 Å². The minimum Gasteiger partial charge on any atom is -0.375 e. The first-order valence-electron chi connectivity index (χ1n) is 6.82. The van der Waals surface area contributed by atoms with E-state index in [4.69, 9.17) is 0 Å². The number of aryl methyl sites for hydroxylation is 3. The molecule has 0 spiro atoms. The molecule has 0 aliphatic rings. The van der Waals surface area contributed by atoms with Gasteiger partial charge in [0.25, 0.3) is 0 Å². The van der Waals surface area contributed by atoms with Crippen molar-refractivity contribution in [3.05, 3.63) is 57.6 Å². The van der Waals surface area contributed by atoms with Crippen LogP contribution in [0.5, 0.6) is 0 Å². The highest BCUT2D eigenvalue weighted by atomic mass is 79.9. The molecule has 4 heteroatoms. The van der Waals surface area contributed by atoms with Gasteiger partial charge >= 0.3 is 0 Å². The van der Waals surface area contributed by atoms with Crippen molar-refractivity contribution in [2.24, 2.45) is 0 Å². The lowest BCUT2D eigenvalue weighted by Crippen LogP contribution is -2.22. The van der Waals surface area contributed by atoms with E-state index in [0.717, 1.165) is 27.0 Å². The quantitative estimate of drug-likeness (QED) is 0.859. The van der Waals surface area contributed by atoms with Gasteiger partial charge in [-0.25, -0.2) is 0 Å². The summed E-state index contributed by atoms with van der Waals surface area (Å²) in [5, 5.41) is 6.04. The molecule has 1 amide bonds. The summed E-state index contributed by atoms with van der Waals surface area (Å²) in [7, 11) is 0. The van der Waals surface area contributed by atoms with Gasteiger partial charge in [0.2, 0.25) is 5.91 Å². The maximum absolute atomic E-state index is 12.0. The molecular weight excluding hydrogens is 328 g/mol. The van der Waals surface area contributed by atoms with Crippen LogP contribution < -0.4 is 10.6 Å². The van der Waals surface area contributed by atoms with Crippen molar-refractivity contribution in [1.29, 1.82) is 0 Å². The van der Waals surface area contributed by atoms with Crippen molar-refractivity contribution in [2.45, 2.75) is 20.8 Å². The number of benzene rings is 2. The molecule has 0 unspecified atom stereocenters. The van der Waals surface area contributed by atoms with Crippen LogP contribution in [0.2, 0.25) is 0 Å². The zero-order valence-corrected chi connectivity index (χ0v) is 14.0. The molecule has 21 heavy (non-hydrogen) atoms. The van der Waals surface area contributed by atoms with Crippen LogP contribution in [0.15, 0.2) is 40.9 Å². The van der Waals surface area contributed by atoms with Crippen molar-refractivity contribution in [3.63, 3.8) is 0 Å². The third-order valence-corrected chi connectivity index (χ3v) is 3.73. The first kappa shape index (κ1) is 15.6. The van der Waals surface area contributed by atoms with E-state index in [-0.39, 0.29) is 12.5 Å². The van der Waals surface area contributed by atoms with Crippen LogP contribution in [0.4, 0.5) is 11.4 Å². The number of carbonyl (C=O) groups excluding carboxylic acids is 1. The first-order valence-corrected chi connectivity index (χ1v) is 7.61. The van der Waals surface area contributed by atoms with E-state index in [1.54, 1.807) is 0 Å². The van der Waals surface area contributed by atoms with Gasteiger partial charge in [0.1, 0.15) is 0 Å². The molecule has 0 radical (unpaired) electrons. The number of nitrogens with one attached hydrogen (secondary N) is 2. The third-order valence-electron chi connectivity index (χ3n) is 3.07. The molecule has 2 rings (SSSR count). The molecule has 0 heterocycles. The van der Waals surface area contributed by atoms with Crippen molar-refractivity contribution >= 4 is 33.2 Å². The molecule has 2 N–H and O–H groups in total. The Morgan fingerprint density at radius 1 is 1.00 bits per heavy atom. The highest BCUT2D eigenvalue weighted by Crippen LogP contribution is 2.23. The van der Waals surface area contributed by atoms with Gasteiger partial charge in [-0.2, -0.15) is 0 Å². The first-order chi connectivity index (χ1) is 9.94. The van der Waals surface area contributed by atoms with Gasteiger partial charge in [-0.05, 0) is 77.7 Å². The monoisotopic (exact) mass is 346 g/mol. The molecule has 0 aliphatic carbocycles. The van der Waals surface area contributed by atoms with Crippen LogP contribution in [0.25, 0.3) is 0 Å². The normalized spacial score (nSPS) is 10.3. The second kappa shape index (κ2) is 6.76.